The lowest BCUT2D eigenvalue weighted by atomic mass is 10.1. The van der Waals surface area contributed by atoms with Gasteiger partial charge >= 0.3 is 6.11 Å². The minimum Gasteiger partial charge on any atom is -0.507 e. The Morgan fingerprint density at radius 2 is 0.851 bits per heavy atom. The number of ether oxygens (including phenoxy) is 3. The lowest BCUT2D eigenvalue weighted by Crippen LogP contribution is -2.24. The zero-order valence-electron chi connectivity index (χ0n) is 52.6. The Morgan fingerprint density at radius 1 is 0.468 bits per heavy atom. The van der Waals surface area contributed by atoms with E-state index in [-0.39, 0.29) is 39.5 Å². The second kappa shape index (κ2) is 28.5. The third-order valence-electron chi connectivity index (χ3n) is 15.2. The van der Waals surface area contributed by atoms with Gasteiger partial charge in [0.1, 0.15) is 29.0 Å². The number of benzene rings is 6. The Labute approximate surface area is 538 Å². The molecule has 0 saturated carbocycles. The number of phenolic OH excluding ortho intramolecular Hbond substituents is 3. The molecule has 6 heterocycles. The monoisotopic (exact) mass is 1260 g/mol. The predicted octanol–water partition coefficient (Wildman–Crippen LogP) is 14.2. The van der Waals surface area contributed by atoms with Crippen LogP contribution in [0.5, 0.6) is 34.5 Å². The number of halogens is 2. The molecule has 6 aromatic heterocycles. The number of phenols is 3. The van der Waals surface area contributed by atoms with Gasteiger partial charge in [-0.3, -0.25) is 43.0 Å². The summed E-state index contributed by atoms with van der Waals surface area (Å²) in [4.78, 5) is 66.5. The van der Waals surface area contributed by atoms with Gasteiger partial charge in [-0.25, -0.2) is 15.0 Å². The van der Waals surface area contributed by atoms with E-state index in [0.29, 0.717) is 97.7 Å². The quantitative estimate of drug-likeness (QED) is 0.0866. The fourth-order valence-electron chi connectivity index (χ4n) is 10.7. The van der Waals surface area contributed by atoms with E-state index in [9.17, 15) is 38.5 Å². The number of rotatable bonds is 15. The molecule has 0 unspecified atom stereocenters. The molecule has 18 nitrogen and oxygen atoms in total. The molecule has 474 valence electrons. The zero-order chi connectivity index (χ0) is 66.8. The van der Waals surface area contributed by atoms with Crippen LogP contribution in [0.3, 0.4) is 0 Å². The SMILES string of the molecule is CCOc1cccc(/C=C/c2nc3cnccc3c(=O)n2-c2c(C)cccc2C)c1O.CCc1cccc(/C=C/c2nc3cnccc3c(=O)n2-c2ccccc2OC)c1O.Cc1cccc(C)c1-n1c(/C=C/c2cccc(OC(C)(F)F)c2O)nc2cnccc2c1=O. The summed E-state index contributed by atoms with van der Waals surface area (Å²) < 4.78 is 46.6. The van der Waals surface area contributed by atoms with Crippen molar-refractivity contribution < 1.29 is 38.3 Å². The second-order valence-electron chi connectivity index (χ2n) is 21.6. The van der Waals surface area contributed by atoms with Gasteiger partial charge in [-0.2, -0.15) is 8.78 Å². The van der Waals surface area contributed by atoms with Crippen LogP contribution >= 0.6 is 0 Å². The molecule has 12 aromatic rings. The first-order valence-corrected chi connectivity index (χ1v) is 29.9. The Bertz CT molecular complexity index is 5070. The summed E-state index contributed by atoms with van der Waals surface area (Å²) in [6.45, 7) is 12.6. The molecular weight excluding hydrogens is 1200 g/mol. The highest BCUT2D eigenvalue weighted by atomic mass is 19.3. The normalized spacial score (nSPS) is 11.5. The first kappa shape index (κ1) is 65.0. The zero-order valence-corrected chi connectivity index (χ0v) is 52.6. The molecule has 20 heteroatoms. The van der Waals surface area contributed by atoms with E-state index in [1.807, 2.05) is 108 Å². The topological polar surface area (TPSA) is 232 Å². The van der Waals surface area contributed by atoms with Crippen LogP contribution in [0.25, 0.3) is 86.2 Å². The Hall–Kier alpha value is -11.9. The first-order valence-electron chi connectivity index (χ1n) is 29.9. The van der Waals surface area contributed by atoms with Crippen LogP contribution in [-0.4, -0.2) is 78.8 Å². The number of methoxy groups -OCH3 is 1. The number of aromatic nitrogens is 9. The largest absolute Gasteiger partial charge is 0.507 e. The van der Waals surface area contributed by atoms with E-state index < -0.39 is 11.9 Å². The molecule has 0 fully saturated rings. The fourth-order valence-corrected chi connectivity index (χ4v) is 10.7. The van der Waals surface area contributed by atoms with Gasteiger partial charge in [-0.15, -0.1) is 0 Å². The highest BCUT2D eigenvalue weighted by Crippen LogP contribution is 2.36. The van der Waals surface area contributed by atoms with Crippen LogP contribution in [0.15, 0.2) is 185 Å². The van der Waals surface area contributed by atoms with Gasteiger partial charge in [0.25, 0.3) is 16.7 Å². The molecule has 0 radical (unpaired) electrons. The van der Waals surface area contributed by atoms with Crippen LogP contribution in [-0.2, 0) is 6.42 Å². The van der Waals surface area contributed by atoms with Crippen LogP contribution in [0, 0.1) is 27.7 Å². The number of fused-ring (bicyclic) bond motifs is 3. The van der Waals surface area contributed by atoms with Crippen molar-refractivity contribution in [3.05, 3.63) is 264 Å². The van der Waals surface area contributed by atoms with Crippen LogP contribution in [0.2, 0.25) is 0 Å². The first-order chi connectivity index (χ1) is 45.3. The molecule has 94 heavy (non-hydrogen) atoms. The number of hydrogen-bond acceptors (Lipinski definition) is 15. The van der Waals surface area contributed by atoms with E-state index in [4.69, 9.17) is 14.5 Å². The van der Waals surface area contributed by atoms with Crippen molar-refractivity contribution in [3.63, 3.8) is 0 Å². The highest BCUT2D eigenvalue weighted by Gasteiger charge is 2.26. The number of pyridine rings is 3. The summed E-state index contributed by atoms with van der Waals surface area (Å²) in [5.74, 6) is 1.59. The maximum absolute atomic E-state index is 13.5. The van der Waals surface area contributed by atoms with Gasteiger partial charge in [-0.1, -0.05) is 97.9 Å². The number of aryl methyl sites for hydroxylation is 5. The molecule has 0 atom stereocenters. The predicted molar refractivity (Wildman–Crippen MR) is 364 cm³/mol. The molecule has 0 aliphatic carbocycles. The van der Waals surface area contributed by atoms with Gasteiger partial charge in [0.15, 0.2) is 23.0 Å². The maximum Gasteiger partial charge on any atom is 0.395 e. The van der Waals surface area contributed by atoms with Crippen molar-refractivity contribution in [2.75, 3.05) is 13.7 Å². The fraction of sp³-hybridized carbons (Fsp3) is 0.149. The van der Waals surface area contributed by atoms with Crippen LogP contribution in [0.1, 0.15) is 82.8 Å². The lowest BCUT2D eigenvalue weighted by Gasteiger charge is -2.16. The highest BCUT2D eigenvalue weighted by molar-refractivity contribution is 5.83. The van der Waals surface area contributed by atoms with Crippen molar-refractivity contribution in [3.8, 4) is 51.6 Å². The van der Waals surface area contributed by atoms with Crippen molar-refractivity contribution in [1.82, 2.24) is 43.6 Å². The molecule has 0 aliphatic rings. The average Bonchev–Trinajstić information content (AvgIpc) is 0.786. The molecule has 0 bridgehead atoms. The number of alkyl halides is 2. The van der Waals surface area contributed by atoms with Gasteiger partial charge in [-0.05, 0) is 148 Å². The van der Waals surface area contributed by atoms with E-state index in [1.54, 1.807) is 115 Å². The molecule has 0 spiro atoms. The standard InChI is InChI=1S/C25H21F2N3O3.C25H23N3O3.C24H21N3O3/c1-15-6-4-7-16(2)22(15)30-21(29-19-14-28-13-12-18(19)24(30)32)11-10-17-8-5-9-20(23(17)31)33-25(3,26)27;1-4-31-21-10-6-9-18(24(21)29)11-12-22-27-20-15-26-14-13-19(20)25(30)28(22)23-16(2)7-5-8-17(23)3;1-3-16-7-6-8-17(23(16)28)11-12-22-26-19-15-25-14-13-18(19)24(29)27(22)20-9-4-5-10-21(20)30-2/h4-14,31H,1-3H3;5-15,29H,4H2,1-3H3;4-15,28H,3H2,1-2H3/b11-10+;2*12-11+. The van der Waals surface area contributed by atoms with E-state index in [2.05, 4.69) is 29.7 Å². The van der Waals surface area contributed by atoms with Crippen LogP contribution < -0.4 is 30.9 Å². The summed E-state index contributed by atoms with van der Waals surface area (Å²) in [6, 6.07) is 39.0. The van der Waals surface area contributed by atoms with Crippen LogP contribution in [0.4, 0.5) is 8.78 Å². The second-order valence-corrected chi connectivity index (χ2v) is 21.6. The van der Waals surface area contributed by atoms with E-state index >= 15 is 0 Å². The minimum atomic E-state index is -3.45. The number of hydrogen-bond donors (Lipinski definition) is 3. The summed E-state index contributed by atoms with van der Waals surface area (Å²) in [7, 11) is 1.56. The van der Waals surface area contributed by atoms with Gasteiger partial charge in [0.2, 0.25) is 0 Å². The van der Waals surface area contributed by atoms with E-state index in [0.717, 1.165) is 39.9 Å². The number of nitrogens with zero attached hydrogens (tertiary/aromatic N) is 9. The lowest BCUT2D eigenvalue weighted by molar-refractivity contribution is -0.159. The molecule has 0 amide bonds. The average molecular weight is 1260 g/mol. The number of para-hydroxylation sites is 7. The third kappa shape index (κ3) is 14.0. The maximum atomic E-state index is 13.5. The minimum absolute atomic E-state index is 0.0454. The molecule has 3 N–H and O–H groups in total. The molecule has 0 aliphatic heterocycles. The van der Waals surface area contributed by atoms with Crippen molar-refractivity contribution in [2.45, 2.75) is 61.0 Å². The Balaban J connectivity index is 0.000000154. The van der Waals surface area contributed by atoms with Crippen molar-refractivity contribution in [2.24, 2.45) is 0 Å². The van der Waals surface area contributed by atoms with Gasteiger partial charge in [0.05, 0.1) is 82.1 Å². The summed E-state index contributed by atoms with van der Waals surface area (Å²) >= 11 is 0. The summed E-state index contributed by atoms with van der Waals surface area (Å²) in [5, 5.41) is 32.8. The summed E-state index contributed by atoms with van der Waals surface area (Å²) in [6.07, 6.45) is 16.6. The molecule has 12 rings (SSSR count). The molecule has 6 aromatic carbocycles. The third-order valence-corrected chi connectivity index (χ3v) is 15.2. The number of aromatic hydroxyl groups is 3. The van der Waals surface area contributed by atoms with Crippen molar-refractivity contribution >= 4 is 69.2 Å². The van der Waals surface area contributed by atoms with Gasteiger partial charge in [0, 0.05) is 42.2 Å². The Morgan fingerprint density at radius 3 is 1.29 bits per heavy atom. The molecule has 0 saturated heterocycles. The Kier molecular flexibility index (Phi) is 19.7. The summed E-state index contributed by atoms with van der Waals surface area (Å²) in [5.41, 5.74) is 8.84. The molecular formula is C74H65F2N9O9. The smallest absolute Gasteiger partial charge is 0.395 e. The van der Waals surface area contributed by atoms with E-state index in [1.165, 1.54) is 45.8 Å². The van der Waals surface area contributed by atoms with Gasteiger partial charge < -0.3 is 29.5 Å². The van der Waals surface area contributed by atoms with Crippen molar-refractivity contribution in [1.29, 1.82) is 0 Å².